The zero-order valence-electron chi connectivity index (χ0n) is 11.0. The molecule has 6 heteroatoms. The molecule has 0 amide bonds. The first-order chi connectivity index (χ1) is 9.11. The standard InChI is InChI=1S/C13H17F2NO2S/c1-18-13(17)9-5-6-10(12(15)11(9)14)16-7-3-4-8-19-2/h5-6,16H,3-4,7-8H2,1-2H3. The van der Waals surface area contributed by atoms with Crippen LogP contribution in [0, 0.1) is 11.6 Å². The lowest BCUT2D eigenvalue weighted by atomic mass is 10.1. The third kappa shape index (κ3) is 4.38. The summed E-state index contributed by atoms with van der Waals surface area (Å²) in [5.41, 5.74) is -0.331. The summed E-state index contributed by atoms with van der Waals surface area (Å²) in [6.07, 6.45) is 3.91. The topological polar surface area (TPSA) is 38.3 Å². The van der Waals surface area contributed by atoms with Crippen LogP contribution in [0.5, 0.6) is 0 Å². The monoisotopic (exact) mass is 289 g/mol. The number of rotatable bonds is 7. The summed E-state index contributed by atoms with van der Waals surface area (Å²) in [5.74, 6) is -2.07. The maximum atomic E-state index is 13.7. The second-order valence-corrected chi connectivity index (χ2v) is 4.89. The molecule has 19 heavy (non-hydrogen) atoms. The lowest BCUT2D eigenvalue weighted by Gasteiger charge is -2.09. The maximum absolute atomic E-state index is 13.7. The molecule has 106 valence electrons. The van der Waals surface area contributed by atoms with Gasteiger partial charge in [0.25, 0.3) is 0 Å². The molecular formula is C13H17F2NO2S. The number of hydrogen-bond acceptors (Lipinski definition) is 4. The highest BCUT2D eigenvalue weighted by Gasteiger charge is 2.18. The lowest BCUT2D eigenvalue weighted by molar-refractivity contribution is 0.0594. The van der Waals surface area contributed by atoms with Gasteiger partial charge in [0.05, 0.1) is 18.4 Å². The average Bonchev–Trinajstić information content (AvgIpc) is 2.42. The molecular weight excluding hydrogens is 272 g/mol. The highest BCUT2D eigenvalue weighted by atomic mass is 32.2. The van der Waals surface area contributed by atoms with Gasteiger partial charge >= 0.3 is 5.97 Å². The SMILES string of the molecule is COC(=O)c1ccc(NCCCCSC)c(F)c1F. The number of hydrogen-bond donors (Lipinski definition) is 1. The Kier molecular flexibility index (Phi) is 6.62. The minimum Gasteiger partial charge on any atom is -0.465 e. The van der Waals surface area contributed by atoms with E-state index >= 15 is 0 Å². The van der Waals surface area contributed by atoms with Crippen LogP contribution in [-0.2, 0) is 4.74 Å². The third-order valence-electron chi connectivity index (χ3n) is 2.58. The van der Waals surface area contributed by atoms with Gasteiger partial charge in [0.2, 0.25) is 0 Å². The van der Waals surface area contributed by atoms with E-state index in [2.05, 4.69) is 10.1 Å². The number of nitrogens with one attached hydrogen (secondary N) is 1. The van der Waals surface area contributed by atoms with Crippen molar-refractivity contribution in [2.24, 2.45) is 0 Å². The first-order valence-electron chi connectivity index (χ1n) is 5.91. The van der Waals surface area contributed by atoms with E-state index in [0.717, 1.165) is 25.7 Å². The van der Waals surface area contributed by atoms with Crippen molar-refractivity contribution >= 4 is 23.4 Å². The maximum Gasteiger partial charge on any atom is 0.340 e. The smallest absolute Gasteiger partial charge is 0.340 e. The molecule has 0 spiro atoms. The van der Waals surface area contributed by atoms with Gasteiger partial charge in [-0.25, -0.2) is 13.6 Å². The number of anilines is 1. The Labute approximate surface area is 115 Å². The zero-order chi connectivity index (χ0) is 14.3. The lowest BCUT2D eigenvalue weighted by Crippen LogP contribution is -2.10. The number of methoxy groups -OCH3 is 1. The summed E-state index contributed by atoms with van der Waals surface area (Å²) in [7, 11) is 1.12. The van der Waals surface area contributed by atoms with Crippen LogP contribution in [0.25, 0.3) is 0 Å². The quantitative estimate of drug-likeness (QED) is 0.617. The predicted octanol–water partition coefficient (Wildman–Crippen LogP) is 3.31. The number of unbranched alkanes of at least 4 members (excludes halogenated alkanes) is 1. The molecule has 0 aromatic heterocycles. The fourth-order valence-corrected chi connectivity index (χ4v) is 2.04. The van der Waals surface area contributed by atoms with Crippen molar-refractivity contribution in [1.82, 2.24) is 0 Å². The summed E-state index contributed by atoms with van der Waals surface area (Å²) in [6.45, 7) is 0.564. The summed E-state index contributed by atoms with van der Waals surface area (Å²) in [6, 6.07) is 2.56. The molecule has 0 saturated carbocycles. The largest absolute Gasteiger partial charge is 0.465 e. The minimum atomic E-state index is -1.18. The van der Waals surface area contributed by atoms with Crippen molar-refractivity contribution in [3.8, 4) is 0 Å². The van der Waals surface area contributed by atoms with Gasteiger partial charge in [0, 0.05) is 6.54 Å². The second-order valence-electron chi connectivity index (χ2n) is 3.91. The van der Waals surface area contributed by atoms with Gasteiger partial charge in [-0.1, -0.05) is 0 Å². The fraction of sp³-hybridized carbons (Fsp3) is 0.462. The molecule has 0 fully saturated rings. The summed E-state index contributed by atoms with van der Waals surface area (Å²) >= 11 is 1.75. The van der Waals surface area contributed by atoms with Crippen LogP contribution in [0.3, 0.4) is 0 Å². The molecule has 1 aromatic carbocycles. The number of carbonyl (C=O) groups is 1. The van der Waals surface area contributed by atoms with Crippen molar-refractivity contribution in [3.63, 3.8) is 0 Å². The summed E-state index contributed by atoms with van der Waals surface area (Å²) in [5, 5.41) is 2.82. The Hall–Kier alpha value is -1.30. The first kappa shape index (κ1) is 15.8. The molecule has 0 aliphatic carbocycles. The van der Waals surface area contributed by atoms with Crippen LogP contribution >= 0.6 is 11.8 Å². The molecule has 0 saturated heterocycles. The van der Waals surface area contributed by atoms with Crippen molar-refractivity contribution in [3.05, 3.63) is 29.3 Å². The van der Waals surface area contributed by atoms with Crippen molar-refractivity contribution in [2.75, 3.05) is 31.0 Å². The molecule has 0 unspecified atom stereocenters. The van der Waals surface area contributed by atoms with Crippen LogP contribution in [-0.4, -0.2) is 31.6 Å². The van der Waals surface area contributed by atoms with E-state index in [1.807, 2.05) is 6.26 Å². The highest BCUT2D eigenvalue weighted by molar-refractivity contribution is 7.98. The molecule has 0 atom stereocenters. The Morgan fingerprint density at radius 2 is 2.05 bits per heavy atom. The number of thioether (sulfide) groups is 1. The Bertz CT molecular complexity index is 441. The molecule has 0 aliphatic rings. The number of halogens is 2. The van der Waals surface area contributed by atoms with E-state index in [1.165, 1.54) is 12.1 Å². The number of esters is 1. The molecule has 0 heterocycles. The molecule has 0 radical (unpaired) electrons. The van der Waals surface area contributed by atoms with Gasteiger partial charge in [-0.05, 0) is 37.0 Å². The number of benzene rings is 1. The van der Waals surface area contributed by atoms with Gasteiger partial charge in [0.15, 0.2) is 11.6 Å². The Balaban J connectivity index is 2.66. The molecule has 1 rings (SSSR count). The van der Waals surface area contributed by atoms with Crippen LogP contribution in [0.15, 0.2) is 12.1 Å². The van der Waals surface area contributed by atoms with E-state index in [9.17, 15) is 13.6 Å². The summed E-state index contributed by atoms with van der Waals surface area (Å²) in [4.78, 5) is 11.2. The minimum absolute atomic E-state index is 0.0642. The van der Waals surface area contributed by atoms with E-state index < -0.39 is 23.2 Å². The van der Waals surface area contributed by atoms with Crippen LogP contribution in [0.1, 0.15) is 23.2 Å². The molecule has 0 aliphatic heterocycles. The van der Waals surface area contributed by atoms with E-state index in [0.29, 0.717) is 6.54 Å². The van der Waals surface area contributed by atoms with Gasteiger partial charge in [-0.3, -0.25) is 0 Å². The van der Waals surface area contributed by atoms with Gasteiger partial charge < -0.3 is 10.1 Å². The molecule has 3 nitrogen and oxygen atoms in total. The number of carbonyl (C=O) groups excluding carboxylic acids is 1. The van der Waals surface area contributed by atoms with Crippen LogP contribution in [0.2, 0.25) is 0 Å². The first-order valence-corrected chi connectivity index (χ1v) is 7.30. The highest BCUT2D eigenvalue weighted by Crippen LogP contribution is 2.21. The number of ether oxygens (including phenoxy) is 1. The van der Waals surface area contributed by atoms with Gasteiger partial charge in [-0.2, -0.15) is 11.8 Å². The van der Waals surface area contributed by atoms with Gasteiger partial charge in [-0.15, -0.1) is 0 Å². The zero-order valence-corrected chi connectivity index (χ0v) is 11.8. The fourth-order valence-electron chi connectivity index (χ4n) is 1.55. The van der Waals surface area contributed by atoms with E-state index in [-0.39, 0.29) is 5.69 Å². The van der Waals surface area contributed by atoms with Crippen molar-refractivity contribution in [2.45, 2.75) is 12.8 Å². The predicted molar refractivity (Wildman–Crippen MR) is 73.8 cm³/mol. The molecule has 0 bridgehead atoms. The van der Waals surface area contributed by atoms with E-state index in [1.54, 1.807) is 11.8 Å². The van der Waals surface area contributed by atoms with Crippen molar-refractivity contribution < 1.29 is 18.3 Å². The van der Waals surface area contributed by atoms with Crippen molar-refractivity contribution in [1.29, 1.82) is 0 Å². The third-order valence-corrected chi connectivity index (χ3v) is 3.28. The van der Waals surface area contributed by atoms with Crippen LogP contribution in [0.4, 0.5) is 14.5 Å². The Morgan fingerprint density at radius 3 is 2.68 bits per heavy atom. The second kappa shape index (κ2) is 7.99. The Morgan fingerprint density at radius 1 is 1.32 bits per heavy atom. The molecule has 1 N–H and O–H groups in total. The summed E-state index contributed by atoms with van der Waals surface area (Å²) < 4.78 is 31.7. The van der Waals surface area contributed by atoms with Crippen LogP contribution < -0.4 is 5.32 Å². The van der Waals surface area contributed by atoms with E-state index in [4.69, 9.17) is 0 Å². The normalized spacial score (nSPS) is 10.3. The molecule has 1 aromatic rings. The average molecular weight is 289 g/mol. The van der Waals surface area contributed by atoms with Gasteiger partial charge in [0.1, 0.15) is 0 Å².